The standard InChI is InChI=1S/C28H26N5O3/c1-35-15-16-36-24-14-8-13-23(17-24)33-27-25(31-28(33)34)26(29-20-30-27)32(18-21-9-4-2-5-10-21)19-22-11-6-3-7-12-22/h2-7,9-14,17,20H,15-16,18-19H2,1H3,(H,31,34). The molecule has 5 aromatic rings. The third-order valence-electron chi connectivity index (χ3n) is 5.75. The number of fused-ring (bicyclic) bond motifs is 1. The van der Waals surface area contributed by atoms with E-state index in [2.05, 4.69) is 50.2 Å². The minimum absolute atomic E-state index is 0.312. The summed E-state index contributed by atoms with van der Waals surface area (Å²) in [5, 5.41) is 0. The lowest BCUT2D eigenvalue weighted by Gasteiger charge is -2.24. The summed E-state index contributed by atoms with van der Waals surface area (Å²) in [5.74, 6) is 1.25. The fraction of sp³-hybridized carbons (Fsp3) is 0.179. The van der Waals surface area contributed by atoms with Gasteiger partial charge in [0.15, 0.2) is 11.5 Å². The Kier molecular flexibility index (Phi) is 7.05. The maximum Gasteiger partial charge on any atom is 0.332 e. The molecule has 0 spiro atoms. The SMILES string of the molecule is COCCOc1c[c]cc(-n2c(=O)[nH]c3c(N(Cc4ccccc4)Cc4ccccc4)ncnc32)c1. The van der Waals surface area contributed by atoms with Crippen LogP contribution >= 0.6 is 0 Å². The van der Waals surface area contributed by atoms with Gasteiger partial charge < -0.3 is 19.4 Å². The maximum atomic E-state index is 13.1. The molecule has 36 heavy (non-hydrogen) atoms. The van der Waals surface area contributed by atoms with Gasteiger partial charge in [0.25, 0.3) is 0 Å². The van der Waals surface area contributed by atoms with Gasteiger partial charge >= 0.3 is 5.69 Å². The molecule has 8 heteroatoms. The molecular formula is C28H26N5O3. The van der Waals surface area contributed by atoms with Crippen LogP contribution in [0.5, 0.6) is 5.75 Å². The number of nitrogens with zero attached hydrogens (tertiary/aromatic N) is 4. The molecular weight excluding hydrogens is 454 g/mol. The number of ether oxygens (including phenoxy) is 2. The molecule has 0 atom stereocenters. The van der Waals surface area contributed by atoms with E-state index in [1.54, 1.807) is 25.3 Å². The van der Waals surface area contributed by atoms with Crippen molar-refractivity contribution in [3.8, 4) is 11.4 Å². The van der Waals surface area contributed by atoms with Crippen molar-refractivity contribution < 1.29 is 9.47 Å². The van der Waals surface area contributed by atoms with Crippen molar-refractivity contribution in [2.24, 2.45) is 0 Å². The van der Waals surface area contributed by atoms with Crippen LogP contribution in [0.25, 0.3) is 16.9 Å². The van der Waals surface area contributed by atoms with Crippen molar-refractivity contribution >= 4 is 17.0 Å². The Morgan fingerprint density at radius 3 is 2.31 bits per heavy atom. The number of rotatable bonds is 10. The molecule has 0 fully saturated rings. The number of benzene rings is 3. The maximum absolute atomic E-state index is 13.1. The summed E-state index contributed by atoms with van der Waals surface area (Å²) in [6.07, 6.45) is 1.49. The van der Waals surface area contributed by atoms with Gasteiger partial charge in [-0.3, -0.25) is 0 Å². The molecule has 0 bridgehead atoms. The highest BCUT2D eigenvalue weighted by atomic mass is 16.5. The lowest BCUT2D eigenvalue weighted by Crippen LogP contribution is -2.23. The average Bonchev–Trinajstić information content (AvgIpc) is 3.26. The Morgan fingerprint density at radius 2 is 1.64 bits per heavy atom. The fourth-order valence-electron chi connectivity index (χ4n) is 4.09. The van der Waals surface area contributed by atoms with E-state index < -0.39 is 0 Å². The van der Waals surface area contributed by atoms with Crippen molar-refractivity contribution in [3.63, 3.8) is 0 Å². The third-order valence-corrected chi connectivity index (χ3v) is 5.75. The highest BCUT2D eigenvalue weighted by molar-refractivity contribution is 5.84. The first-order valence-corrected chi connectivity index (χ1v) is 11.6. The quantitative estimate of drug-likeness (QED) is 0.303. The molecule has 3 aromatic carbocycles. The number of hydrogen-bond donors (Lipinski definition) is 1. The highest BCUT2D eigenvalue weighted by Gasteiger charge is 2.19. The van der Waals surface area contributed by atoms with E-state index in [0.717, 1.165) is 11.1 Å². The topological polar surface area (TPSA) is 85.3 Å². The zero-order valence-corrected chi connectivity index (χ0v) is 19.9. The van der Waals surface area contributed by atoms with Gasteiger partial charge in [-0.2, -0.15) is 0 Å². The molecule has 0 saturated carbocycles. The molecule has 0 amide bonds. The van der Waals surface area contributed by atoms with Gasteiger partial charge in [0.05, 0.1) is 12.3 Å². The first-order valence-electron chi connectivity index (χ1n) is 11.6. The van der Waals surface area contributed by atoms with Crippen molar-refractivity contribution in [2.45, 2.75) is 13.1 Å². The lowest BCUT2D eigenvalue weighted by atomic mass is 10.1. The van der Waals surface area contributed by atoms with Crippen LogP contribution in [0.2, 0.25) is 0 Å². The fourth-order valence-corrected chi connectivity index (χ4v) is 4.09. The minimum atomic E-state index is -0.312. The predicted molar refractivity (Wildman–Crippen MR) is 138 cm³/mol. The van der Waals surface area contributed by atoms with Crippen LogP contribution < -0.4 is 15.3 Å². The van der Waals surface area contributed by atoms with Crippen LogP contribution in [-0.2, 0) is 17.8 Å². The van der Waals surface area contributed by atoms with Crippen LogP contribution in [0.3, 0.4) is 0 Å². The molecule has 0 aliphatic rings. The van der Waals surface area contributed by atoms with Crippen molar-refractivity contribution in [3.05, 3.63) is 113 Å². The second kappa shape index (κ2) is 10.9. The van der Waals surface area contributed by atoms with Crippen molar-refractivity contribution in [1.82, 2.24) is 19.5 Å². The third kappa shape index (κ3) is 5.13. The van der Waals surface area contributed by atoms with Crippen LogP contribution in [0, 0.1) is 6.07 Å². The number of nitrogens with one attached hydrogen (secondary N) is 1. The van der Waals surface area contributed by atoms with Gasteiger partial charge in [-0.05, 0) is 29.3 Å². The molecule has 0 unspecified atom stereocenters. The summed E-state index contributed by atoms with van der Waals surface area (Å²) in [6, 6.07) is 28.7. The summed E-state index contributed by atoms with van der Waals surface area (Å²) < 4.78 is 12.3. The number of anilines is 1. The number of aromatic amines is 1. The smallest absolute Gasteiger partial charge is 0.332 e. The van der Waals surface area contributed by atoms with E-state index in [0.29, 0.717) is 54.7 Å². The molecule has 0 aliphatic heterocycles. The first kappa shape index (κ1) is 23.3. The van der Waals surface area contributed by atoms with Crippen LogP contribution in [0.15, 0.2) is 90.0 Å². The molecule has 2 heterocycles. The molecule has 1 N–H and O–H groups in total. The Hall–Kier alpha value is -4.43. The second-order valence-corrected chi connectivity index (χ2v) is 8.26. The first-order chi connectivity index (χ1) is 17.7. The lowest BCUT2D eigenvalue weighted by molar-refractivity contribution is 0.146. The van der Waals surface area contributed by atoms with E-state index in [-0.39, 0.29) is 5.69 Å². The molecule has 1 radical (unpaired) electrons. The largest absolute Gasteiger partial charge is 0.491 e. The number of imidazole rings is 1. The van der Waals surface area contributed by atoms with Gasteiger partial charge in [0, 0.05) is 26.3 Å². The number of methoxy groups -OCH3 is 1. The van der Waals surface area contributed by atoms with Crippen LogP contribution in [0.4, 0.5) is 5.82 Å². The monoisotopic (exact) mass is 480 g/mol. The number of H-pyrrole nitrogens is 1. The summed E-state index contributed by atoms with van der Waals surface area (Å²) >= 11 is 0. The summed E-state index contributed by atoms with van der Waals surface area (Å²) in [7, 11) is 1.62. The van der Waals surface area contributed by atoms with E-state index in [9.17, 15) is 4.79 Å². The Labute approximate surface area is 208 Å². The van der Waals surface area contributed by atoms with Gasteiger partial charge in [-0.15, -0.1) is 0 Å². The van der Waals surface area contributed by atoms with Crippen molar-refractivity contribution in [2.75, 3.05) is 25.2 Å². The molecule has 0 saturated heterocycles. The highest BCUT2D eigenvalue weighted by Crippen LogP contribution is 2.26. The summed E-state index contributed by atoms with van der Waals surface area (Å²) in [5.41, 5.74) is 3.62. The zero-order valence-electron chi connectivity index (χ0n) is 19.9. The Balaban J connectivity index is 1.56. The van der Waals surface area contributed by atoms with E-state index in [1.165, 1.54) is 10.9 Å². The second-order valence-electron chi connectivity index (χ2n) is 8.26. The Morgan fingerprint density at radius 1 is 0.944 bits per heavy atom. The van der Waals surface area contributed by atoms with E-state index >= 15 is 0 Å². The summed E-state index contributed by atoms with van der Waals surface area (Å²) in [6.45, 7) is 2.10. The average molecular weight is 481 g/mol. The predicted octanol–water partition coefficient (Wildman–Crippen LogP) is 4.14. The van der Waals surface area contributed by atoms with Crippen LogP contribution in [0.1, 0.15) is 11.1 Å². The Bertz CT molecular complexity index is 1440. The molecule has 0 aliphatic carbocycles. The van der Waals surface area contributed by atoms with E-state index in [1.807, 2.05) is 36.4 Å². The molecule has 181 valence electrons. The van der Waals surface area contributed by atoms with E-state index in [4.69, 9.17) is 9.47 Å². The number of aromatic nitrogens is 4. The molecule has 5 rings (SSSR count). The minimum Gasteiger partial charge on any atom is -0.491 e. The number of hydrogen-bond acceptors (Lipinski definition) is 6. The molecule has 2 aromatic heterocycles. The van der Waals surface area contributed by atoms with Crippen molar-refractivity contribution in [1.29, 1.82) is 0 Å². The van der Waals surface area contributed by atoms with Gasteiger partial charge in [0.2, 0.25) is 0 Å². The van der Waals surface area contributed by atoms with Gasteiger partial charge in [-0.25, -0.2) is 19.3 Å². The normalized spacial score (nSPS) is 11.0. The van der Waals surface area contributed by atoms with Gasteiger partial charge in [-0.1, -0.05) is 60.7 Å². The van der Waals surface area contributed by atoms with Crippen LogP contribution in [-0.4, -0.2) is 39.8 Å². The summed E-state index contributed by atoms with van der Waals surface area (Å²) in [4.78, 5) is 27.3. The molecule has 8 nitrogen and oxygen atoms in total. The van der Waals surface area contributed by atoms with Gasteiger partial charge in [0.1, 0.15) is 24.2 Å². The zero-order chi connectivity index (χ0) is 24.7.